The second-order valence-corrected chi connectivity index (χ2v) is 19.8. The molecule has 3 fully saturated rings. The van der Waals surface area contributed by atoms with Crippen molar-refractivity contribution in [3.05, 3.63) is 102 Å². The van der Waals surface area contributed by atoms with Crippen LogP contribution >= 0.6 is 0 Å². The van der Waals surface area contributed by atoms with Gasteiger partial charge in [-0.2, -0.15) is 0 Å². The van der Waals surface area contributed by atoms with E-state index in [2.05, 4.69) is 95.0 Å². The van der Waals surface area contributed by atoms with Gasteiger partial charge in [0.25, 0.3) is 0 Å². The predicted molar refractivity (Wildman–Crippen MR) is 273 cm³/mol. The van der Waals surface area contributed by atoms with Gasteiger partial charge in [0.1, 0.15) is 23.0 Å². The lowest BCUT2D eigenvalue weighted by Gasteiger charge is -2.43. The Bertz CT molecular complexity index is 2170. The molecule has 0 saturated carbocycles. The van der Waals surface area contributed by atoms with Crippen molar-refractivity contribution in [2.24, 2.45) is 17.6 Å². The fraction of sp³-hybridized carbons (Fsp3) is 0.528. The van der Waals surface area contributed by atoms with Gasteiger partial charge in [-0.1, -0.05) is 52.0 Å². The Morgan fingerprint density at radius 1 is 0.642 bits per heavy atom. The van der Waals surface area contributed by atoms with Crippen molar-refractivity contribution in [3.8, 4) is 23.0 Å². The molecule has 0 spiro atoms. The average Bonchev–Trinajstić information content (AvgIpc) is 3.29. The number of aromatic hydroxyl groups is 4. The monoisotopic (exact) mass is 922 g/mol. The number of anilines is 3. The third-order valence-corrected chi connectivity index (χ3v) is 13.8. The SMILES string of the molecule is CC(C)[C@@H](CN1CCN(c2cccc(O)c2)[C@@H](C)C1)NC(=O)[C@H]1Cc2ccc(O)cc2CN1.CC(C)[C@H](N)CN1CCN(c2cccc(O)c2)[C@@H](C)C1.C[C@H]1CNCCN1c1cccc(O)c1. The summed E-state index contributed by atoms with van der Waals surface area (Å²) in [5, 5.41) is 48.5. The van der Waals surface area contributed by atoms with Gasteiger partial charge >= 0.3 is 0 Å². The first kappa shape index (κ1) is 51.1. The smallest absolute Gasteiger partial charge is 0.237 e. The van der Waals surface area contributed by atoms with Crippen LogP contribution in [0.25, 0.3) is 0 Å². The summed E-state index contributed by atoms with van der Waals surface area (Å²) in [6.07, 6.45) is 0.631. The fourth-order valence-electron chi connectivity index (χ4n) is 9.58. The number of phenols is 4. The van der Waals surface area contributed by atoms with Crippen LogP contribution in [0.4, 0.5) is 17.1 Å². The van der Waals surface area contributed by atoms with Gasteiger partial charge in [0.15, 0.2) is 0 Å². The zero-order valence-electron chi connectivity index (χ0n) is 41.0. The van der Waals surface area contributed by atoms with Crippen molar-refractivity contribution < 1.29 is 25.2 Å². The van der Waals surface area contributed by atoms with E-state index in [9.17, 15) is 25.2 Å². The fourth-order valence-corrected chi connectivity index (χ4v) is 9.58. The highest BCUT2D eigenvalue weighted by Crippen LogP contribution is 2.27. The number of hydrogen-bond donors (Lipinski definition) is 8. The van der Waals surface area contributed by atoms with Crippen molar-refractivity contribution in [1.82, 2.24) is 25.8 Å². The first-order valence-electron chi connectivity index (χ1n) is 24.5. The van der Waals surface area contributed by atoms with E-state index in [0.717, 1.165) is 100 Å². The lowest BCUT2D eigenvalue weighted by atomic mass is 9.94. The van der Waals surface area contributed by atoms with Crippen molar-refractivity contribution in [1.29, 1.82) is 0 Å². The number of nitrogens with zero attached hydrogens (tertiary/aromatic N) is 5. The average molecular weight is 922 g/mol. The molecule has 4 aliphatic heterocycles. The summed E-state index contributed by atoms with van der Waals surface area (Å²) in [6.45, 7) is 26.4. The number of nitrogens with one attached hydrogen (secondary N) is 3. The highest BCUT2D eigenvalue weighted by Gasteiger charge is 2.31. The van der Waals surface area contributed by atoms with Crippen molar-refractivity contribution in [3.63, 3.8) is 0 Å². The van der Waals surface area contributed by atoms with Gasteiger partial charge in [-0.3, -0.25) is 14.6 Å². The van der Waals surface area contributed by atoms with Crippen LogP contribution in [0.15, 0.2) is 91.0 Å². The highest BCUT2D eigenvalue weighted by molar-refractivity contribution is 5.82. The maximum atomic E-state index is 13.1. The molecular formula is C53H79N9O5. The lowest BCUT2D eigenvalue weighted by Crippen LogP contribution is -2.58. The number of benzene rings is 4. The summed E-state index contributed by atoms with van der Waals surface area (Å²) in [5.41, 5.74) is 11.6. The number of nitrogens with two attached hydrogens (primary N) is 1. The molecule has 0 aliphatic carbocycles. The van der Waals surface area contributed by atoms with Crippen LogP contribution in [0.2, 0.25) is 0 Å². The van der Waals surface area contributed by atoms with Crippen LogP contribution in [0.3, 0.4) is 0 Å². The molecule has 4 aliphatic rings. The quantitative estimate of drug-likeness (QED) is 0.0943. The molecule has 366 valence electrons. The van der Waals surface area contributed by atoms with Crippen LogP contribution in [0.5, 0.6) is 23.0 Å². The number of carbonyl (C=O) groups excluding carboxylic acids is 1. The second kappa shape index (κ2) is 24.2. The first-order chi connectivity index (χ1) is 32.0. The Morgan fingerprint density at radius 2 is 1.15 bits per heavy atom. The van der Waals surface area contributed by atoms with E-state index in [-0.39, 0.29) is 29.8 Å². The number of phenolic OH excluding ortho intramolecular Hbond substituents is 4. The Labute approximate surface area is 399 Å². The molecule has 4 heterocycles. The number of carbonyl (C=O) groups is 1. The highest BCUT2D eigenvalue weighted by atomic mass is 16.3. The van der Waals surface area contributed by atoms with Crippen LogP contribution < -0.4 is 36.4 Å². The Kier molecular flexibility index (Phi) is 18.4. The van der Waals surface area contributed by atoms with E-state index in [4.69, 9.17) is 5.73 Å². The zero-order chi connectivity index (χ0) is 48.2. The Morgan fingerprint density at radius 3 is 1.63 bits per heavy atom. The minimum Gasteiger partial charge on any atom is -0.508 e. The largest absolute Gasteiger partial charge is 0.508 e. The number of hydrogen-bond acceptors (Lipinski definition) is 13. The normalized spacial score (nSPS) is 22.2. The molecule has 0 aromatic heterocycles. The predicted octanol–water partition coefficient (Wildman–Crippen LogP) is 5.54. The summed E-state index contributed by atoms with van der Waals surface area (Å²) in [7, 11) is 0. The molecular weight excluding hydrogens is 843 g/mol. The summed E-state index contributed by atoms with van der Waals surface area (Å²) in [5.74, 6) is 2.11. The molecule has 8 rings (SSSR count). The second-order valence-electron chi connectivity index (χ2n) is 19.8. The van der Waals surface area contributed by atoms with E-state index < -0.39 is 0 Å². The number of fused-ring (bicyclic) bond motifs is 1. The van der Waals surface area contributed by atoms with E-state index in [1.807, 2.05) is 54.6 Å². The first-order valence-corrected chi connectivity index (χ1v) is 24.5. The maximum absolute atomic E-state index is 13.1. The van der Waals surface area contributed by atoms with Crippen molar-refractivity contribution in [2.75, 3.05) is 86.7 Å². The molecule has 0 radical (unpaired) electrons. The summed E-state index contributed by atoms with van der Waals surface area (Å²) in [6, 6.07) is 29.1. The number of rotatable bonds is 11. The van der Waals surface area contributed by atoms with Gasteiger partial charge in [0.05, 0.1) is 6.04 Å². The van der Waals surface area contributed by atoms with Gasteiger partial charge in [0, 0.05) is 144 Å². The number of piperazine rings is 3. The molecule has 4 aromatic rings. The minimum atomic E-state index is -0.259. The van der Waals surface area contributed by atoms with Gasteiger partial charge < -0.3 is 56.8 Å². The zero-order valence-corrected chi connectivity index (χ0v) is 41.0. The Hall–Kier alpha value is -5.25. The molecule has 3 saturated heterocycles. The Balaban J connectivity index is 0.000000184. The van der Waals surface area contributed by atoms with Crippen LogP contribution in [-0.2, 0) is 17.8 Å². The third kappa shape index (κ3) is 14.6. The van der Waals surface area contributed by atoms with Gasteiger partial charge in [-0.05, 0) is 98.7 Å². The van der Waals surface area contributed by atoms with Crippen molar-refractivity contribution in [2.45, 2.75) is 97.7 Å². The van der Waals surface area contributed by atoms with E-state index in [0.29, 0.717) is 60.2 Å². The molecule has 4 aromatic carbocycles. The standard InChI is InChI=1S/C26H36N4O3.C16H27N3O.C11H16N2O/c1-17(2)25(28-26(33)24-12-19-7-8-23(32)11-20(19)14-27-24)16-29-9-10-30(18(3)15-29)21-5-4-6-22(31)13-21;1-12(2)16(17)11-18-7-8-19(13(3)10-18)14-5-4-6-15(20)9-14;1-9-8-12-5-6-13(9)10-3-2-4-11(14)7-10/h4-8,11,13,17-18,24-25,27,31-32H,9-10,12,14-16H2,1-3H3,(H,28,33);4-6,9,12-13,16,20H,7-8,10-11,17H2,1-3H3;2-4,7,9,12,14H,5-6,8H2,1H3/t18-,24+,25+;13-,16+;9-/m000/s1. The van der Waals surface area contributed by atoms with Crippen LogP contribution in [0.1, 0.15) is 59.6 Å². The molecule has 6 atom stereocenters. The molecule has 14 heteroatoms. The molecule has 1 amide bonds. The molecule has 14 nitrogen and oxygen atoms in total. The summed E-state index contributed by atoms with van der Waals surface area (Å²) < 4.78 is 0. The van der Waals surface area contributed by atoms with Gasteiger partial charge in [-0.15, -0.1) is 0 Å². The van der Waals surface area contributed by atoms with E-state index in [1.54, 1.807) is 30.3 Å². The van der Waals surface area contributed by atoms with Gasteiger partial charge in [-0.25, -0.2) is 0 Å². The van der Waals surface area contributed by atoms with Gasteiger partial charge in [0.2, 0.25) is 5.91 Å². The molecule has 0 bridgehead atoms. The topological polar surface area (TPSA) is 176 Å². The molecule has 9 N–H and O–H groups in total. The molecule has 0 unspecified atom stereocenters. The maximum Gasteiger partial charge on any atom is 0.237 e. The molecule has 67 heavy (non-hydrogen) atoms. The lowest BCUT2D eigenvalue weighted by molar-refractivity contribution is -0.124. The van der Waals surface area contributed by atoms with Crippen LogP contribution in [-0.4, -0.2) is 144 Å². The van der Waals surface area contributed by atoms with Crippen molar-refractivity contribution >= 4 is 23.0 Å². The van der Waals surface area contributed by atoms with E-state index >= 15 is 0 Å². The van der Waals surface area contributed by atoms with Crippen LogP contribution in [0, 0.1) is 11.8 Å². The minimum absolute atomic E-state index is 0.0406. The van der Waals surface area contributed by atoms with E-state index in [1.165, 1.54) is 0 Å². The third-order valence-electron chi connectivity index (χ3n) is 13.8. The summed E-state index contributed by atoms with van der Waals surface area (Å²) >= 11 is 0. The number of amides is 1. The summed E-state index contributed by atoms with van der Waals surface area (Å²) in [4.78, 5) is 25.0.